The first-order chi connectivity index (χ1) is 5.65. The van der Waals surface area contributed by atoms with Crippen LogP contribution in [0.5, 0.6) is 0 Å². The normalized spacial score (nSPS) is 10.2. The van der Waals surface area contributed by atoms with Crippen molar-refractivity contribution in [2.45, 2.75) is 13.5 Å². The Labute approximate surface area is 69.5 Å². The second-order valence-corrected chi connectivity index (χ2v) is 2.32. The molecule has 0 saturated heterocycles. The number of nitrogens with two attached hydrogens (primary N) is 1. The summed E-state index contributed by atoms with van der Waals surface area (Å²) in [5, 5.41) is 0. The highest BCUT2D eigenvalue weighted by atomic mass is 16.5. The van der Waals surface area contributed by atoms with Crippen molar-refractivity contribution >= 4 is 5.91 Å². The first-order valence-corrected chi connectivity index (χ1v) is 3.40. The maximum Gasteiger partial charge on any atom is 0.286 e. The minimum atomic E-state index is -0.609. The molecule has 0 aliphatic carbocycles. The average Bonchev–Trinajstić information content (AvgIpc) is 2.32. The van der Waals surface area contributed by atoms with Crippen molar-refractivity contribution in [2.75, 3.05) is 7.11 Å². The van der Waals surface area contributed by atoms with E-state index in [2.05, 4.69) is 4.98 Å². The number of hydrogen-bond donors (Lipinski definition) is 1. The number of primary amides is 1. The Bertz CT molecular complexity index is 293. The van der Waals surface area contributed by atoms with Gasteiger partial charge in [-0.2, -0.15) is 0 Å². The van der Waals surface area contributed by atoms with E-state index in [1.165, 1.54) is 7.11 Å². The smallest absolute Gasteiger partial charge is 0.286 e. The van der Waals surface area contributed by atoms with Gasteiger partial charge >= 0.3 is 0 Å². The van der Waals surface area contributed by atoms with Gasteiger partial charge in [-0.15, -0.1) is 0 Å². The summed E-state index contributed by atoms with van der Waals surface area (Å²) < 4.78 is 9.77. The average molecular weight is 170 g/mol. The second-order valence-electron chi connectivity index (χ2n) is 2.32. The molecule has 2 N–H and O–H groups in total. The molecule has 1 amide bonds. The molecule has 0 radical (unpaired) electrons. The molecule has 12 heavy (non-hydrogen) atoms. The number of carbonyl (C=O) groups excluding carboxylic acids is 1. The molecule has 0 saturated carbocycles. The van der Waals surface area contributed by atoms with Crippen molar-refractivity contribution < 1.29 is 13.9 Å². The van der Waals surface area contributed by atoms with Crippen molar-refractivity contribution in [1.82, 2.24) is 4.98 Å². The molecule has 1 rings (SSSR count). The molecule has 1 heterocycles. The zero-order valence-electron chi connectivity index (χ0n) is 6.96. The number of ether oxygens (including phenoxy) is 1. The SMILES string of the molecule is COCc1nc(C)c(C(N)=O)o1. The molecule has 66 valence electrons. The van der Waals surface area contributed by atoms with Crippen LogP contribution in [0.25, 0.3) is 0 Å². The number of aryl methyl sites for hydroxylation is 1. The summed E-state index contributed by atoms with van der Waals surface area (Å²) >= 11 is 0. The van der Waals surface area contributed by atoms with Crippen LogP contribution in [0.3, 0.4) is 0 Å². The fourth-order valence-corrected chi connectivity index (χ4v) is 0.866. The van der Waals surface area contributed by atoms with Crippen LogP contribution in [-0.4, -0.2) is 18.0 Å². The van der Waals surface area contributed by atoms with E-state index in [0.29, 0.717) is 11.6 Å². The third kappa shape index (κ3) is 1.62. The molecule has 0 spiro atoms. The molecule has 0 atom stereocenters. The van der Waals surface area contributed by atoms with Crippen LogP contribution in [0.15, 0.2) is 4.42 Å². The van der Waals surface area contributed by atoms with Crippen LogP contribution in [0, 0.1) is 6.92 Å². The van der Waals surface area contributed by atoms with E-state index >= 15 is 0 Å². The molecule has 0 aliphatic rings. The summed E-state index contributed by atoms with van der Waals surface area (Å²) in [4.78, 5) is 14.6. The fourth-order valence-electron chi connectivity index (χ4n) is 0.866. The highest BCUT2D eigenvalue weighted by Gasteiger charge is 2.13. The second kappa shape index (κ2) is 3.36. The first-order valence-electron chi connectivity index (χ1n) is 3.40. The van der Waals surface area contributed by atoms with Gasteiger partial charge in [0, 0.05) is 7.11 Å². The monoisotopic (exact) mass is 170 g/mol. The van der Waals surface area contributed by atoms with E-state index in [0.717, 1.165) is 0 Å². The predicted octanol–water partition coefficient (Wildman–Crippen LogP) is 0.228. The molecule has 1 aromatic rings. The molecular formula is C7H10N2O3. The summed E-state index contributed by atoms with van der Waals surface area (Å²) in [5.41, 5.74) is 5.51. The molecule has 0 unspecified atom stereocenters. The summed E-state index contributed by atoms with van der Waals surface area (Å²) in [6, 6.07) is 0. The number of hydrogen-bond acceptors (Lipinski definition) is 4. The lowest BCUT2D eigenvalue weighted by Crippen LogP contribution is -2.10. The number of oxazole rings is 1. The number of methoxy groups -OCH3 is 1. The van der Waals surface area contributed by atoms with Gasteiger partial charge in [0.15, 0.2) is 0 Å². The van der Waals surface area contributed by atoms with Gasteiger partial charge in [0.25, 0.3) is 5.91 Å². The Morgan fingerprint density at radius 1 is 1.75 bits per heavy atom. The Morgan fingerprint density at radius 2 is 2.42 bits per heavy atom. The molecular weight excluding hydrogens is 160 g/mol. The van der Waals surface area contributed by atoms with Crippen LogP contribution < -0.4 is 5.73 Å². The standard InChI is InChI=1S/C7H10N2O3/c1-4-6(7(8)10)12-5(9-4)3-11-2/h3H2,1-2H3,(H2,8,10). The Kier molecular flexibility index (Phi) is 2.44. The highest BCUT2D eigenvalue weighted by Crippen LogP contribution is 2.09. The summed E-state index contributed by atoms with van der Waals surface area (Å²) in [6.45, 7) is 1.90. The summed E-state index contributed by atoms with van der Waals surface area (Å²) in [6.07, 6.45) is 0. The zero-order chi connectivity index (χ0) is 9.14. The Hall–Kier alpha value is -1.36. The largest absolute Gasteiger partial charge is 0.433 e. The van der Waals surface area contributed by atoms with Gasteiger partial charge < -0.3 is 14.9 Å². The first kappa shape index (κ1) is 8.73. The fraction of sp³-hybridized carbons (Fsp3) is 0.429. The van der Waals surface area contributed by atoms with Crippen LogP contribution in [-0.2, 0) is 11.3 Å². The van der Waals surface area contributed by atoms with Crippen molar-refractivity contribution in [1.29, 1.82) is 0 Å². The van der Waals surface area contributed by atoms with Crippen molar-refractivity contribution in [3.63, 3.8) is 0 Å². The van der Waals surface area contributed by atoms with E-state index in [-0.39, 0.29) is 12.4 Å². The predicted molar refractivity (Wildman–Crippen MR) is 40.5 cm³/mol. The molecule has 0 bridgehead atoms. The lowest BCUT2D eigenvalue weighted by atomic mass is 10.4. The Morgan fingerprint density at radius 3 is 2.83 bits per heavy atom. The molecule has 0 fully saturated rings. The minimum absolute atomic E-state index is 0.0991. The Balaban J connectivity index is 2.92. The van der Waals surface area contributed by atoms with Gasteiger partial charge in [-0.1, -0.05) is 0 Å². The van der Waals surface area contributed by atoms with E-state index < -0.39 is 5.91 Å². The maximum absolute atomic E-state index is 10.7. The third-order valence-corrected chi connectivity index (χ3v) is 1.33. The van der Waals surface area contributed by atoms with Gasteiger partial charge in [-0.25, -0.2) is 4.98 Å². The van der Waals surface area contributed by atoms with Gasteiger partial charge in [0.05, 0.1) is 5.69 Å². The van der Waals surface area contributed by atoms with Crippen LogP contribution >= 0.6 is 0 Å². The van der Waals surface area contributed by atoms with Crippen molar-refractivity contribution in [3.8, 4) is 0 Å². The van der Waals surface area contributed by atoms with Gasteiger partial charge in [0.1, 0.15) is 6.61 Å². The quantitative estimate of drug-likeness (QED) is 0.704. The summed E-state index contributed by atoms with van der Waals surface area (Å²) in [7, 11) is 1.52. The van der Waals surface area contributed by atoms with E-state index in [1.54, 1.807) is 6.92 Å². The van der Waals surface area contributed by atoms with E-state index in [9.17, 15) is 4.79 Å². The summed E-state index contributed by atoms with van der Waals surface area (Å²) in [5.74, 6) is -0.145. The maximum atomic E-state index is 10.7. The lowest BCUT2D eigenvalue weighted by molar-refractivity contribution is 0.0963. The zero-order valence-corrected chi connectivity index (χ0v) is 6.96. The number of nitrogens with zero attached hydrogens (tertiary/aromatic N) is 1. The molecule has 0 aliphatic heterocycles. The van der Waals surface area contributed by atoms with Crippen LogP contribution in [0.4, 0.5) is 0 Å². The molecule has 5 nitrogen and oxygen atoms in total. The van der Waals surface area contributed by atoms with Gasteiger partial charge in [-0.3, -0.25) is 4.79 Å². The van der Waals surface area contributed by atoms with Crippen molar-refractivity contribution in [3.05, 3.63) is 17.3 Å². The van der Waals surface area contributed by atoms with Crippen LogP contribution in [0.2, 0.25) is 0 Å². The number of amides is 1. The van der Waals surface area contributed by atoms with Crippen LogP contribution in [0.1, 0.15) is 22.1 Å². The molecule has 0 aromatic carbocycles. The van der Waals surface area contributed by atoms with E-state index in [1.807, 2.05) is 0 Å². The number of aromatic nitrogens is 1. The van der Waals surface area contributed by atoms with Crippen molar-refractivity contribution in [2.24, 2.45) is 5.73 Å². The highest BCUT2D eigenvalue weighted by molar-refractivity contribution is 5.90. The van der Waals surface area contributed by atoms with E-state index in [4.69, 9.17) is 14.9 Å². The lowest BCUT2D eigenvalue weighted by Gasteiger charge is -1.89. The minimum Gasteiger partial charge on any atom is -0.433 e. The molecule has 1 aromatic heterocycles. The topological polar surface area (TPSA) is 78.4 Å². The number of carbonyl (C=O) groups is 1. The van der Waals surface area contributed by atoms with Gasteiger partial charge in [0.2, 0.25) is 11.7 Å². The molecule has 5 heteroatoms. The van der Waals surface area contributed by atoms with Gasteiger partial charge in [-0.05, 0) is 6.92 Å². The number of rotatable bonds is 3. The third-order valence-electron chi connectivity index (χ3n) is 1.33.